The van der Waals surface area contributed by atoms with Gasteiger partial charge >= 0.3 is 0 Å². The predicted octanol–water partition coefficient (Wildman–Crippen LogP) is 2.99. The van der Waals surface area contributed by atoms with Crippen molar-refractivity contribution in [2.45, 2.75) is 38.2 Å². The van der Waals surface area contributed by atoms with Gasteiger partial charge in [0.2, 0.25) is 0 Å². The van der Waals surface area contributed by atoms with Crippen LogP contribution in [0.2, 0.25) is 0 Å². The van der Waals surface area contributed by atoms with E-state index in [0.29, 0.717) is 6.61 Å². The molecule has 2 aliphatic heterocycles. The third-order valence-electron chi connectivity index (χ3n) is 3.75. The maximum absolute atomic E-state index is 5.98. The van der Waals surface area contributed by atoms with Crippen LogP contribution in [-0.2, 0) is 11.2 Å². The molecule has 1 fully saturated rings. The number of nitrogens with one attached hydrogen (secondary N) is 1. The van der Waals surface area contributed by atoms with Gasteiger partial charge in [0.1, 0.15) is 12.4 Å². The highest BCUT2D eigenvalue weighted by atomic mass is 16.5. The van der Waals surface area contributed by atoms with Crippen LogP contribution in [0.3, 0.4) is 0 Å². The van der Waals surface area contributed by atoms with Gasteiger partial charge in [0.05, 0.1) is 6.10 Å². The lowest BCUT2D eigenvalue weighted by Gasteiger charge is -2.25. The Balaban J connectivity index is 1.65. The van der Waals surface area contributed by atoms with Crippen LogP contribution in [0.25, 0.3) is 0 Å². The summed E-state index contributed by atoms with van der Waals surface area (Å²) in [5, 5.41) is 3.43. The van der Waals surface area contributed by atoms with Gasteiger partial charge in [-0.25, -0.2) is 0 Å². The van der Waals surface area contributed by atoms with Crippen molar-refractivity contribution >= 4 is 5.69 Å². The molecule has 0 amide bonds. The van der Waals surface area contributed by atoms with Gasteiger partial charge in [0.15, 0.2) is 0 Å². The summed E-state index contributed by atoms with van der Waals surface area (Å²) in [6.07, 6.45) is 6.18. The van der Waals surface area contributed by atoms with Gasteiger partial charge in [0, 0.05) is 24.4 Å². The van der Waals surface area contributed by atoms with Gasteiger partial charge in [-0.05, 0) is 44.2 Å². The summed E-state index contributed by atoms with van der Waals surface area (Å²) in [5.41, 5.74) is 2.57. The van der Waals surface area contributed by atoms with E-state index in [1.54, 1.807) is 0 Å². The molecule has 2 aliphatic rings. The van der Waals surface area contributed by atoms with Crippen LogP contribution in [0, 0.1) is 0 Å². The van der Waals surface area contributed by atoms with Crippen molar-refractivity contribution in [1.82, 2.24) is 0 Å². The summed E-state index contributed by atoms with van der Waals surface area (Å²) in [6, 6.07) is 6.28. The van der Waals surface area contributed by atoms with E-state index in [-0.39, 0.29) is 6.10 Å². The van der Waals surface area contributed by atoms with E-state index in [1.807, 2.05) is 0 Å². The van der Waals surface area contributed by atoms with Crippen molar-refractivity contribution in [3.05, 3.63) is 23.8 Å². The average molecular weight is 247 g/mol. The lowest BCUT2D eigenvalue weighted by Crippen LogP contribution is -2.26. The molecule has 18 heavy (non-hydrogen) atoms. The Hall–Kier alpha value is -1.22. The van der Waals surface area contributed by atoms with Crippen molar-refractivity contribution in [3.8, 4) is 5.75 Å². The van der Waals surface area contributed by atoms with Gasteiger partial charge in [-0.1, -0.05) is 6.07 Å². The zero-order valence-electron chi connectivity index (χ0n) is 10.8. The fourth-order valence-electron chi connectivity index (χ4n) is 2.73. The van der Waals surface area contributed by atoms with E-state index in [9.17, 15) is 0 Å². The van der Waals surface area contributed by atoms with E-state index in [1.165, 1.54) is 30.5 Å². The molecule has 0 radical (unpaired) electrons. The summed E-state index contributed by atoms with van der Waals surface area (Å²) in [6.45, 7) is 2.65. The number of hydrogen-bond acceptors (Lipinski definition) is 3. The second-order valence-electron chi connectivity index (χ2n) is 5.11. The highest BCUT2D eigenvalue weighted by Gasteiger charge is 2.17. The summed E-state index contributed by atoms with van der Waals surface area (Å²) in [5.74, 6) is 1.04. The molecule has 1 unspecified atom stereocenters. The maximum atomic E-state index is 5.98. The molecular formula is C15H21NO2. The SMILES string of the molecule is c1cc2c(c(OCC3CCCCO3)c1)CCCN2. The number of anilines is 1. The molecule has 1 aromatic rings. The van der Waals surface area contributed by atoms with Crippen molar-refractivity contribution in [2.75, 3.05) is 25.1 Å². The molecule has 2 heterocycles. The molecule has 98 valence electrons. The second-order valence-corrected chi connectivity index (χ2v) is 5.11. The smallest absolute Gasteiger partial charge is 0.124 e. The third-order valence-corrected chi connectivity index (χ3v) is 3.75. The van der Waals surface area contributed by atoms with E-state index < -0.39 is 0 Å². The molecule has 0 aliphatic carbocycles. The van der Waals surface area contributed by atoms with Crippen LogP contribution in [0.5, 0.6) is 5.75 Å². The van der Waals surface area contributed by atoms with Gasteiger partial charge in [-0.2, -0.15) is 0 Å². The molecule has 0 aromatic heterocycles. The lowest BCUT2D eigenvalue weighted by molar-refractivity contribution is -0.0112. The number of fused-ring (bicyclic) bond motifs is 1. The standard InChI is InChI=1S/C15H21NO2/c1-2-10-17-12(5-1)11-18-15-8-3-7-14-13(15)6-4-9-16-14/h3,7-8,12,16H,1-2,4-6,9-11H2. The van der Waals surface area contributed by atoms with E-state index in [4.69, 9.17) is 9.47 Å². The molecule has 0 spiro atoms. The summed E-state index contributed by atoms with van der Waals surface area (Å²) in [7, 11) is 0. The summed E-state index contributed by atoms with van der Waals surface area (Å²) in [4.78, 5) is 0. The first-order chi connectivity index (χ1) is 8.93. The summed E-state index contributed by atoms with van der Waals surface area (Å²) < 4.78 is 11.7. The van der Waals surface area contributed by atoms with E-state index >= 15 is 0 Å². The topological polar surface area (TPSA) is 30.5 Å². The highest BCUT2D eigenvalue weighted by Crippen LogP contribution is 2.31. The van der Waals surface area contributed by atoms with Crippen LogP contribution in [0.4, 0.5) is 5.69 Å². The Labute approximate surface area is 108 Å². The Bertz CT molecular complexity index is 399. The van der Waals surface area contributed by atoms with Crippen LogP contribution < -0.4 is 10.1 Å². The molecule has 1 atom stereocenters. The van der Waals surface area contributed by atoms with Gasteiger partial charge in [-0.3, -0.25) is 0 Å². The quantitative estimate of drug-likeness (QED) is 0.890. The maximum Gasteiger partial charge on any atom is 0.124 e. The summed E-state index contributed by atoms with van der Waals surface area (Å²) >= 11 is 0. The highest BCUT2D eigenvalue weighted by molar-refractivity contribution is 5.59. The normalized spacial score (nSPS) is 23.0. The van der Waals surface area contributed by atoms with Gasteiger partial charge < -0.3 is 14.8 Å². The van der Waals surface area contributed by atoms with Crippen LogP contribution in [0.1, 0.15) is 31.2 Å². The van der Waals surface area contributed by atoms with Crippen molar-refractivity contribution in [3.63, 3.8) is 0 Å². The van der Waals surface area contributed by atoms with Gasteiger partial charge in [-0.15, -0.1) is 0 Å². The number of ether oxygens (including phenoxy) is 2. The molecule has 1 N–H and O–H groups in total. The molecule has 3 nitrogen and oxygen atoms in total. The molecule has 0 saturated carbocycles. The molecular weight excluding hydrogens is 226 g/mol. The average Bonchev–Trinajstić information content (AvgIpc) is 2.46. The van der Waals surface area contributed by atoms with Crippen LogP contribution in [-0.4, -0.2) is 25.9 Å². The van der Waals surface area contributed by atoms with E-state index in [2.05, 4.69) is 23.5 Å². The van der Waals surface area contributed by atoms with E-state index in [0.717, 1.165) is 31.7 Å². The van der Waals surface area contributed by atoms with Gasteiger partial charge in [0.25, 0.3) is 0 Å². The zero-order chi connectivity index (χ0) is 12.2. The monoisotopic (exact) mass is 247 g/mol. The third kappa shape index (κ3) is 2.61. The lowest BCUT2D eigenvalue weighted by atomic mass is 10.0. The number of benzene rings is 1. The molecule has 3 rings (SSSR count). The minimum Gasteiger partial charge on any atom is -0.491 e. The Morgan fingerprint density at radius 2 is 2.28 bits per heavy atom. The Morgan fingerprint density at radius 1 is 1.28 bits per heavy atom. The minimum atomic E-state index is 0.283. The first-order valence-electron chi connectivity index (χ1n) is 7.03. The van der Waals surface area contributed by atoms with Crippen molar-refractivity contribution in [2.24, 2.45) is 0 Å². The molecule has 0 bridgehead atoms. The number of rotatable bonds is 3. The van der Waals surface area contributed by atoms with Crippen LogP contribution >= 0.6 is 0 Å². The number of hydrogen-bond donors (Lipinski definition) is 1. The molecule has 3 heteroatoms. The first-order valence-corrected chi connectivity index (χ1v) is 7.03. The largest absolute Gasteiger partial charge is 0.491 e. The first kappa shape index (κ1) is 11.8. The minimum absolute atomic E-state index is 0.283. The van der Waals surface area contributed by atoms with Crippen LogP contribution in [0.15, 0.2) is 18.2 Å². The van der Waals surface area contributed by atoms with Crippen molar-refractivity contribution in [1.29, 1.82) is 0 Å². The fourth-order valence-corrected chi connectivity index (χ4v) is 2.73. The van der Waals surface area contributed by atoms with Crippen molar-refractivity contribution < 1.29 is 9.47 Å². The Morgan fingerprint density at radius 3 is 3.17 bits per heavy atom. The Kier molecular flexibility index (Phi) is 3.69. The molecule has 1 aromatic carbocycles. The second kappa shape index (κ2) is 5.61. The molecule has 1 saturated heterocycles. The fraction of sp³-hybridized carbons (Fsp3) is 0.600. The predicted molar refractivity (Wildman–Crippen MR) is 72.3 cm³/mol. The zero-order valence-corrected chi connectivity index (χ0v) is 10.8.